The van der Waals surface area contributed by atoms with Gasteiger partial charge in [0.1, 0.15) is 11.6 Å². The van der Waals surface area contributed by atoms with Crippen LogP contribution in [0.2, 0.25) is 0 Å². The highest BCUT2D eigenvalue weighted by atomic mass is 16.6. The maximum absolute atomic E-state index is 11.5. The van der Waals surface area contributed by atoms with Crippen molar-refractivity contribution in [1.82, 2.24) is 0 Å². The number of hydrogen-bond donors (Lipinski definition) is 1. The average Bonchev–Trinajstić information content (AvgIpc) is 2.51. The molecule has 1 fully saturated rings. The van der Waals surface area contributed by atoms with E-state index < -0.39 is 11.6 Å². The predicted octanol–water partition coefficient (Wildman–Crippen LogP) is 0.834. The molecule has 1 saturated heterocycles. The Balaban J connectivity index is 2.43. The van der Waals surface area contributed by atoms with Gasteiger partial charge in [0.15, 0.2) is 0 Å². The van der Waals surface area contributed by atoms with E-state index in [0.29, 0.717) is 6.61 Å². The van der Waals surface area contributed by atoms with E-state index in [1.54, 1.807) is 0 Å². The first-order valence-electron chi connectivity index (χ1n) is 5.00. The molecule has 0 aromatic carbocycles. The molecule has 4 heteroatoms. The van der Waals surface area contributed by atoms with E-state index in [1.165, 1.54) is 0 Å². The molecule has 82 valence electrons. The number of rotatable bonds is 2. The third kappa shape index (κ3) is 3.27. The first kappa shape index (κ1) is 11.5. The summed E-state index contributed by atoms with van der Waals surface area (Å²) in [6, 6.07) is -0.642. The molecule has 1 heterocycles. The van der Waals surface area contributed by atoms with Crippen molar-refractivity contribution in [2.75, 3.05) is 6.61 Å². The zero-order valence-corrected chi connectivity index (χ0v) is 9.08. The molecule has 14 heavy (non-hydrogen) atoms. The maximum Gasteiger partial charge on any atom is 0.326 e. The van der Waals surface area contributed by atoms with Crippen molar-refractivity contribution in [3.8, 4) is 0 Å². The molecule has 0 spiro atoms. The lowest BCUT2D eigenvalue weighted by atomic mass is 10.1. The number of hydrogen-bond acceptors (Lipinski definition) is 4. The Labute approximate surface area is 84.7 Å². The fraction of sp³-hybridized carbons (Fsp3) is 0.900. The summed E-state index contributed by atoms with van der Waals surface area (Å²) in [5.41, 5.74) is 5.25. The van der Waals surface area contributed by atoms with Gasteiger partial charge in [-0.2, -0.15) is 0 Å². The van der Waals surface area contributed by atoms with E-state index in [2.05, 4.69) is 0 Å². The maximum atomic E-state index is 11.5. The molecule has 0 bridgehead atoms. The van der Waals surface area contributed by atoms with Gasteiger partial charge in [-0.1, -0.05) is 0 Å². The van der Waals surface area contributed by atoms with Crippen LogP contribution >= 0.6 is 0 Å². The molecule has 0 aliphatic carbocycles. The minimum absolute atomic E-state index is 0.162. The van der Waals surface area contributed by atoms with Crippen LogP contribution in [0, 0.1) is 0 Å². The van der Waals surface area contributed by atoms with Gasteiger partial charge in [0, 0.05) is 6.61 Å². The minimum Gasteiger partial charge on any atom is -0.459 e. The summed E-state index contributed by atoms with van der Waals surface area (Å²) < 4.78 is 10.5. The highest BCUT2D eigenvalue weighted by Gasteiger charge is 2.31. The molecule has 0 unspecified atom stereocenters. The molecule has 0 amide bonds. The summed E-state index contributed by atoms with van der Waals surface area (Å²) in [4.78, 5) is 11.5. The lowest BCUT2D eigenvalue weighted by Gasteiger charge is -2.24. The molecule has 2 N–H and O–H groups in total. The number of esters is 1. The van der Waals surface area contributed by atoms with Crippen molar-refractivity contribution in [2.24, 2.45) is 5.73 Å². The molecule has 1 rings (SSSR count). The van der Waals surface area contributed by atoms with Gasteiger partial charge in [-0.25, -0.2) is 0 Å². The third-order valence-electron chi connectivity index (χ3n) is 2.04. The predicted molar refractivity (Wildman–Crippen MR) is 52.8 cm³/mol. The van der Waals surface area contributed by atoms with Crippen molar-refractivity contribution in [3.05, 3.63) is 0 Å². The van der Waals surface area contributed by atoms with Crippen LogP contribution in [-0.4, -0.2) is 30.3 Å². The van der Waals surface area contributed by atoms with Crippen molar-refractivity contribution < 1.29 is 14.3 Å². The first-order valence-corrected chi connectivity index (χ1v) is 5.00. The summed E-state index contributed by atoms with van der Waals surface area (Å²) in [6.45, 7) is 6.18. The van der Waals surface area contributed by atoms with E-state index in [0.717, 1.165) is 12.8 Å². The SMILES string of the molecule is CC(C)(C)OC(=O)[C@H](N)[C@H]1CCCO1. The second-order valence-electron chi connectivity index (χ2n) is 4.61. The summed E-state index contributed by atoms with van der Waals surface area (Å²) in [5.74, 6) is -0.371. The molecule has 4 nitrogen and oxygen atoms in total. The quantitative estimate of drug-likeness (QED) is 0.672. The molecule has 0 aromatic heterocycles. The first-order chi connectivity index (χ1) is 6.40. The van der Waals surface area contributed by atoms with Gasteiger partial charge < -0.3 is 15.2 Å². The fourth-order valence-electron chi connectivity index (χ4n) is 1.41. The Morgan fingerprint density at radius 3 is 2.64 bits per heavy atom. The lowest BCUT2D eigenvalue weighted by Crippen LogP contribution is -2.45. The largest absolute Gasteiger partial charge is 0.459 e. The van der Waals surface area contributed by atoms with Crippen LogP contribution in [0.5, 0.6) is 0 Å². The monoisotopic (exact) mass is 201 g/mol. The number of carbonyl (C=O) groups is 1. The van der Waals surface area contributed by atoms with E-state index in [9.17, 15) is 4.79 Å². The lowest BCUT2D eigenvalue weighted by molar-refractivity contribution is -0.159. The highest BCUT2D eigenvalue weighted by molar-refractivity contribution is 5.76. The van der Waals surface area contributed by atoms with E-state index in [1.807, 2.05) is 20.8 Å². The van der Waals surface area contributed by atoms with Gasteiger partial charge in [0.2, 0.25) is 0 Å². The van der Waals surface area contributed by atoms with E-state index in [4.69, 9.17) is 15.2 Å². The van der Waals surface area contributed by atoms with Crippen molar-refractivity contribution >= 4 is 5.97 Å². The zero-order valence-electron chi connectivity index (χ0n) is 9.08. The smallest absolute Gasteiger partial charge is 0.326 e. The summed E-state index contributed by atoms with van der Waals surface area (Å²) in [7, 11) is 0. The van der Waals surface area contributed by atoms with Crippen molar-refractivity contribution in [3.63, 3.8) is 0 Å². The molecule has 2 atom stereocenters. The molecule has 1 aliphatic rings. The van der Waals surface area contributed by atoms with Crippen LogP contribution in [-0.2, 0) is 14.3 Å². The van der Waals surface area contributed by atoms with Crippen LogP contribution in [0.3, 0.4) is 0 Å². The summed E-state index contributed by atoms with van der Waals surface area (Å²) in [5, 5.41) is 0. The second kappa shape index (κ2) is 4.28. The minimum atomic E-state index is -0.642. The molecular weight excluding hydrogens is 182 g/mol. The van der Waals surface area contributed by atoms with Gasteiger partial charge in [0.25, 0.3) is 0 Å². The van der Waals surface area contributed by atoms with Crippen LogP contribution in [0.1, 0.15) is 33.6 Å². The Bertz CT molecular complexity index is 204. The number of ether oxygens (including phenoxy) is 2. The van der Waals surface area contributed by atoms with Gasteiger partial charge in [-0.3, -0.25) is 4.79 Å². The fourth-order valence-corrected chi connectivity index (χ4v) is 1.41. The standard InChI is InChI=1S/C10H19NO3/c1-10(2,3)14-9(12)8(11)7-5-4-6-13-7/h7-8H,4-6,11H2,1-3H3/t7-,8-/m1/s1. The van der Waals surface area contributed by atoms with Crippen molar-refractivity contribution in [2.45, 2.75) is 51.4 Å². The third-order valence-corrected chi connectivity index (χ3v) is 2.04. The van der Waals surface area contributed by atoms with Gasteiger partial charge in [0.05, 0.1) is 6.10 Å². The Morgan fingerprint density at radius 2 is 2.21 bits per heavy atom. The Morgan fingerprint density at radius 1 is 1.57 bits per heavy atom. The average molecular weight is 201 g/mol. The van der Waals surface area contributed by atoms with E-state index >= 15 is 0 Å². The summed E-state index contributed by atoms with van der Waals surface area (Å²) in [6.07, 6.45) is 1.66. The molecule has 1 aliphatic heterocycles. The van der Waals surface area contributed by atoms with E-state index in [-0.39, 0.29) is 12.1 Å². The molecular formula is C10H19NO3. The summed E-state index contributed by atoms with van der Waals surface area (Å²) >= 11 is 0. The van der Waals surface area contributed by atoms with Crippen LogP contribution in [0.15, 0.2) is 0 Å². The topological polar surface area (TPSA) is 61.5 Å². The Hall–Kier alpha value is -0.610. The van der Waals surface area contributed by atoms with Crippen molar-refractivity contribution in [1.29, 1.82) is 0 Å². The second-order valence-corrected chi connectivity index (χ2v) is 4.61. The number of nitrogens with two attached hydrogens (primary N) is 1. The zero-order chi connectivity index (χ0) is 10.8. The van der Waals surface area contributed by atoms with Crippen LogP contribution in [0.25, 0.3) is 0 Å². The van der Waals surface area contributed by atoms with Crippen LogP contribution in [0.4, 0.5) is 0 Å². The van der Waals surface area contributed by atoms with Gasteiger partial charge in [-0.15, -0.1) is 0 Å². The van der Waals surface area contributed by atoms with Gasteiger partial charge in [-0.05, 0) is 33.6 Å². The Kier molecular flexibility index (Phi) is 3.50. The molecule has 0 aromatic rings. The highest BCUT2D eigenvalue weighted by Crippen LogP contribution is 2.17. The van der Waals surface area contributed by atoms with Gasteiger partial charge >= 0.3 is 5.97 Å². The molecule has 0 saturated carbocycles. The normalized spacial score (nSPS) is 24.7. The molecule has 0 radical (unpaired) electrons. The van der Waals surface area contributed by atoms with Crippen LogP contribution < -0.4 is 5.73 Å². The number of carbonyl (C=O) groups excluding carboxylic acids is 1.